The minimum Gasteiger partial charge on any atom is -0.444 e. The number of halogens is 1. The standard InChI is InChI=1S/C26H19ClN2O5/c1-16-15-22(29-34-16)28-25(31)24(18-7-3-2-4-8-18)33-26(32)21-10-6-5-9-20(21)23(30)17-11-13-19(27)14-12-17/h2-15,24H,1H3,(H,28,29,31). The summed E-state index contributed by atoms with van der Waals surface area (Å²) in [5.74, 6) is -1.10. The number of aromatic nitrogens is 1. The fourth-order valence-corrected chi connectivity index (χ4v) is 3.43. The first-order chi connectivity index (χ1) is 16.4. The van der Waals surface area contributed by atoms with Gasteiger partial charge in [-0.1, -0.05) is 65.3 Å². The van der Waals surface area contributed by atoms with Crippen LogP contribution in [0.2, 0.25) is 5.02 Å². The summed E-state index contributed by atoms with van der Waals surface area (Å²) in [7, 11) is 0. The molecule has 0 aliphatic heterocycles. The molecule has 0 bridgehead atoms. The van der Waals surface area contributed by atoms with Crippen molar-refractivity contribution in [1.29, 1.82) is 0 Å². The normalized spacial score (nSPS) is 11.5. The lowest BCUT2D eigenvalue weighted by Gasteiger charge is -2.18. The van der Waals surface area contributed by atoms with Crippen molar-refractivity contribution in [2.75, 3.05) is 5.32 Å². The first kappa shape index (κ1) is 22.9. The Labute approximate surface area is 200 Å². The predicted molar refractivity (Wildman–Crippen MR) is 126 cm³/mol. The second kappa shape index (κ2) is 10.1. The average Bonchev–Trinajstić information content (AvgIpc) is 3.27. The molecule has 4 aromatic rings. The van der Waals surface area contributed by atoms with Gasteiger partial charge in [-0.2, -0.15) is 0 Å². The molecule has 0 saturated carbocycles. The fourth-order valence-electron chi connectivity index (χ4n) is 3.30. The molecule has 3 aromatic carbocycles. The summed E-state index contributed by atoms with van der Waals surface area (Å²) in [6.45, 7) is 1.69. The molecule has 0 aliphatic carbocycles. The molecule has 0 spiro atoms. The zero-order chi connectivity index (χ0) is 24.1. The summed E-state index contributed by atoms with van der Waals surface area (Å²) < 4.78 is 10.6. The third-order valence-electron chi connectivity index (χ3n) is 4.94. The molecular formula is C26H19ClN2O5. The number of carbonyl (C=O) groups is 3. The zero-order valence-electron chi connectivity index (χ0n) is 18.0. The minimum atomic E-state index is -1.29. The van der Waals surface area contributed by atoms with Crippen LogP contribution in [0.15, 0.2) is 89.5 Å². The van der Waals surface area contributed by atoms with Gasteiger partial charge in [0.2, 0.25) is 6.10 Å². The van der Waals surface area contributed by atoms with Crippen molar-refractivity contribution in [2.24, 2.45) is 0 Å². The van der Waals surface area contributed by atoms with Gasteiger partial charge in [-0.25, -0.2) is 4.79 Å². The molecule has 0 aliphatic rings. The molecule has 0 radical (unpaired) electrons. The van der Waals surface area contributed by atoms with Gasteiger partial charge in [-0.15, -0.1) is 0 Å². The van der Waals surface area contributed by atoms with E-state index in [2.05, 4.69) is 10.5 Å². The number of ether oxygens (including phenoxy) is 1. The highest BCUT2D eigenvalue weighted by Crippen LogP contribution is 2.24. The molecule has 1 N–H and O–H groups in total. The molecule has 34 heavy (non-hydrogen) atoms. The van der Waals surface area contributed by atoms with Gasteiger partial charge in [0.1, 0.15) is 5.76 Å². The van der Waals surface area contributed by atoms with E-state index in [1.54, 1.807) is 79.7 Å². The largest absolute Gasteiger partial charge is 0.444 e. The molecule has 1 unspecified atom stereocenters. The second-order valence-electron chi connectivity index (χ2n) is 7.39. The molecule has 7 nitrogen and oxygen atoms in total. The quantitative estimate of drug-likeness (QED) is 0.284. The smallest absolute Gasteiger partial charge is 0.340 e. The summed E-state index contributed by atoms with van der Waals surface area (Å²) in [6, 6.07) is 22.7. The second-order valence-corrected chi connectivity index (χ2v) is 7.83. The van der Waals surface area contributed by atoms with E-state index in [0.717, 1.165) is 0 Å². The van der Waals surface area contributed by atoms with Crippen LogP contribution in [-0.4, -0.2) is 22.8 Å². The molecule has 1 atom stereocenters. The molecule has 1 amide bonds. The number of hydrogen-bond acceptors (Lipinski definition) is 6. The van der Waals surface area contributed by atoms with Crippen molar-refractivity contribution in [3.8, 4) is 0 Å². The summed E-state index contributed by atoms with van der Waals surface area (Å²) in [5, 5.41) is 6.82. The summed E-state index contributed by atoms with van der Waals surface area (Å²) in [5.41, 5.74) is 1.00. The van der Waals surface area contributed by atoms with Gasteiger partial charge in [0, 0.05) is 27.8 Å². The monoisotopic (exact) mass is 474 g/mol. The van der Waals surface area contributed by atoms with Gasteiger partial charge in [0.15, 0.2) is 11.6 Å². The Morgan fingerprint density at radius 2 is 1.56 bits per heavy atom. The molecule has 1 heterocycles. The van der Waals surface area contributed by atoms with E-state index in [1.165, 1.54) is 12.1 Å². The summed E-state index contributed by atoms with van der Waals surface area (Å²) in [6.07, 6.45) is -1.29. The minimum absolute atomic E-state index is 0.0356. The van der Waals surface area contributed by atoms with Crippen molar-refractivity contribution in [3.05, 3.63) is 118 Å². The Kier molecular flexibility index (Phi) is 6.85. The highest BCUT2D eigenvalue weighted by atomic mass is 35.5. The number of rotatable bonds is 7. The van der Waals surface area contributed by atoms with Crippen molar-refractivity contribution in [2.45, 2.75) is 13.0 Å². The highest BCUT2D eigenvalue weighted by Gasteiger charge is 2.28. The lowest BCUT2D eigenvalue weighted by atomic mass is 9.98. The van der Waals surface area contributed by atoms with E-state index in [-0.39, 0.29) is 22.7 Å². The third kappa shape index (κ3) is 5.22. The Bertz CT molecular complexity index is 1330. The van der Waals surface area contributed by atoms with Gasteiger partial charge >= 0.3 is 5.97 Å². The number of nitrogens with zero attached hydrogens (tertiary/aromatic N) is 1. The SMILES string of the molecule is Cc1cc(NC(=O)C(OC(=O)c2ccccc2C(=O)c2ccc(Cl)cc2)c2ccccc2)no1. The molecule has 8 heteroatoms. The van der Waals surface area contributed by atoms with Crippen molar-refractivity contribution >= 4 is 35.1 Å². The number of anilines is 1. The van der Waals surface area contributed by atoms with E-state index >= 15 is 0 Å². The lowest BCUT2D eigenvalue weighted by Crippen LogP contribution is -2.26. The number of esters is 1. The lowest BCUT2D eigenvalue weighted by molar-refractivity contribution is -0.125. The van der Waals surface area contributed by atoms with E-state index in [9.17, 15) is 14.4 Å². The van der Waals surface area contributed by atoms with Crippen LogP contribution in [0.3, 0.4) is 0 Å². The average molecular weight is 475 g/mol. The molecular weight excluding hydrogens is 456 g/mol. The topological polar surface area (TPSA) is 98.5 Å². The van der Waals surface area contributed by atoms with Gasteiger partial charge in [0.05, 0.1) is 5.56 Å². The number of benzene rings is 3. The molecule has 170 valence electrons. The van der Waals surface area contributed by atoms with Crippen LogP contribution < -0.4 is 5.32 Å². The maximum Gasteiger partial charge on any atom is 0.340 e. The number of hydrogen-bond donors (Lipinski definition) is 1. The van der Waals surface area contributed by atoms with Crippen LogP contribution in [0, 0.1) is 6.92 Å². The zero-order valence-corrected chi connectivity index (χ0v) is 18.8. The summed E-state index contributed by atoms with van der Waals surface area (Å²) >= 11 is 5.91. The van der Waals surface area contributed by atoms with Crippen LogP contribution in [0.5, 0.6) is 0 Å². The van der Waals surface area contributed by atoms with Crippen LogP contribution in [0.25, 0.3) is 0 Å². The van der Waals surface area contributed by atoms with E-state index in [0.29, 0.717) is 21.9 Å². The number of aryl methyl sites for hydroxylation is 1. The Morgan fingerprint density at radius 3 is 2.21 bits per heavy atom. The summed E-state index contributed by atoms with van der Waals surface area (Å²) in [4.78, 5) is 39.3. The Hall–Kier alpha value is -4.23. The number of amides is 1. The van der Waals surface area contributed by atoms with Gasteiger partial charge < -0.3 is 14.6 Å². The number of ketones is 1. The molecule has 4 rings (SSSR count). The maximum absolute atomic E-state index is 13.2. The van der Waals surface area contributed by atoms with Crippen LogP contribution in [0.1, 0.15) is 43.7 Å². The number of carbonyl (C=O) groups excluding carboxylic acids is 3. The maximum atomic E-state index is 13.2. The molecule has 1 aromatic heterocycles. The third-order valence-corrected chi connectivity index (χ3v) is 5.19. The first-order valence-corrected chi connectivity index (χ1v) is 10.7. The Morgan fingerprint density at radius 1 is 0.912 bits per heavy atom. The van der Waals surface area contributed by atoms with E-state index in [4.69, 9.17) is 20.9 Å². The Balaban J connectivity index is 1.62. The van der Waals surface area contributed by atoms with Crippen LogP contribution in [-0.2, 0) is 9.53 Å². The van der Waals surface area contributed by atoms with Crippen molar-refractivity contribution in [1.82, 2.24) is 5.16 Å². The van der Waals surface area contributed by atoms with Crippen LogP contribution in [0.4, 0.5) is 5.82 Å². The molecule has 0 saturated heterocycles. The fraction of sp³-hybridized carbons (Fsp3) is 0.0769. The highest BCUT2D eigenvalue weighted by molar-refractivity contribution is 6.30. The predicted octanol–water partition coefficient (Wildman–Crippen LogP) is 5.40. The van der Waals surface area contributed by atoms with Crippen molar-refractivity contribution < 1.29 is 23.6 Å². The van der Waals surface area contributed by atoms with E-state index in [1.807, 2.05) is 0 Å². The number of nitrogens with one attached hydrogen (secondary N) is 1. The van der Waals surface area contributed by atoms with E-state index < -0.39 is 18.0 Å². The van der Waals surface area contributed by atoms with Gasteiger partial charge in [0.25, 0.3) is 5.91 Å². The van der Waals surface area contributed by atoms with Gasteiger partial charge in [-0.05, 0) is 37.3 Å². The van der Waals surface area contributed by atoms with Gasteiger partial charge in [-0.3, -0.25) is 9.59 Å². The van der Waals surface area contributed by atoms with Crippen molar-refractivity contribution in [3.63, 3.8) is 0 Å². The van der Waals surface area contributed by atoms with Crippen LogP contribution >= 0.6 is 11.6 Å². The molecule has 0 fully saturated rings. The first-order valence-electron chi connectivity index (χ1n) is 10.3.